The standard InChI is InChI=1S/C18H31N3O3S/c1-6-13-19-25(23,24)18(2,3)15-9-11-16(12-10-15)20-17(22)8-7-14-21(4)5/h9-12,19H,6-8,13-14H2,1-5H3,(H,20,22). The molecular weight excluding hydrogens is 338 g/mol. The fourth-order valence-corrected chi connectivity index (χ4v) is 3.59. The number of carbonyl (C=O) groups excluding carboxylic acids is 1. The van der Waals surface area contributed by atoms with Gasteiger partial charge >= 0.3 is 0 Å². The van der Waals surface area contributed by atoms with E-state index in [0.29, 0.717) is 24.2 Å². The third-order valence-electron chi connectivity index (χ3n) is 4.09. The van der Waals surface area contributed by atoms with E-state index in [1.165, 1.54) is 0 Å². The van der Waals surface area contributed by atoms with Crippen molar-refractivity contribution in [2.45, 2.75) is 44.8 Å². The van der Waals surface area contributed by atoms with Gasteiger partial charge in [0.15, 0.2) is 0 Å². The van der Waals surface area contributed by atoms with E-state index in [9.17, 15) is 13.2 Å². The Labute approximate surface area is 152 Å². The molecule has 0 saturated heterocycles. The Morgan fingerprint density at radius 1 is 1.16 bits per heavy atom. The van der Waals surface area contributed by atoms with E-state index >= 15 is 0 Å². The molecule has 1 rings (SSSR count). The van der Waals surface area contributed by atoms with Gasteiger partial charge in [0.25, 0.3) is 0 Å². The minimum absolute atomic E-state index is 0.0360. The van der Waals surface area contributed by atoms with Gasteiger partial charge in [-0.05, 0) is 65.0 Å². The predicted octanol–water partition coefficient (Wildman–Crippen LogP) is 2.53. The largest absolute Gasteiger partial charge is 0.326 e. The molecule has 0 unspecified atom stereocenters. The summed E-state index contributed by atoms with van der Waals surface area (Å²) in [6.45, 7) is 6.57. The van der Waals surface area contributed by atoms with E-state index in [1.807, 2.05) is 25.9 Å². The Bertz CT molecular complexity index is 653. The number of hydrogen-bond acceptors (Lipinski definition) is 4. The van der Waals surface area contributed by atoms with E-state index in [4.69, 9.17) is 0 Å². The van der Waals surface area contributed by atoms with Crippen molar-refractivity contribution in [1.29, 1.82) is 0 Å². The molecule has 0 fully saturated rings. The van der Waals surface area contributed by atoms with Crippen LogP contribution in [-0.2, 0) is 19.6 Å². The molecule has 0 aliphatic heterocycles. The van der Waals surface area contributed by atoms with Crippen molar-refractivity contribution in [1.82, 2.24) is 9.62 Å². The van der Waals surface area contributed by atoms with Gasteiger partial charge in [-0.1, -0.05) is 19.1 Å². The topological polar surface area (TPSA) is 78.5 Å². The second-order valence-corrected chi connectivity index (χ2v) is 9.26. The minimum atomic E-state index is -3.47. The van der Waals surface area contributed by atoms with Crippen LogP contribution >= 0.6 is 0 Å². The lowest BCUT2D eigenvalue weighted by Crippen LogP contribution is -2.40. The van der Waals surface area contributed by atoms with Gasteiger partial charge in [-0.2, -0.15) is 0 Å². The molecule has 2 N–H and O–H groups in total. The number of amides is 1. The van der Waals surface area contributed by atoms with Gasteiger partial charge in [0, 0.05) is 18.7 Å². The number of anilines is 1. The molecule has 1 amide bonds. The fraction of sp³-hybridized carbons (Fsp3) is 0.611. The zero-order chi connectivity index (χ0) is 19.1. The monoisotopic (exact) mass is 369 g/mol. The van der Waals surface area contributed by atoms with Crippen LogP contribution in [0.4, 0.5) is 5.69 Å². The maximum absolute atomic E-state index is 12.5. The van der Waals surface area contributed by atoms with Crippen molar-refractivity contribution >= 4 is 21.6 Å². The van der Waals surface area contributed by atoms with Gasteiger partial charge in [-0.15, -0.1) is 0 Å². The lowest BCUT2D eigenvalue weighted by atomic mass is 10.0. The smallest absolute Gasteiger partial charge is 0.224 e. The van der Waals surface area contributed by atoms with Crippen LogP contribution in [0, 0.1) is 0 Å². The molecule has 1 aromatic rings. The highest BCUT2D eigenvalue weighted by Crippen LogP contribution is 2.29. The van der Waals surface area contributed by atoms with Crippen LogP contribution in [0.1, 0.15) is 45.6 Å². The van der Waals surface area contributed by atoms with Gasteiger partial charge < -0.3 is 10.2 Å². The fourth-order valence-electron chi connectivity index (χ4n) is 2.31. The maximum Gasteiger partial charge on any atom is 0.224 e. The third-order valence-corrected chi connectivity index (χ3v) is 6.25. The van der Waals surface area contributed by atoms with Crippen molar-refractivity contribution in [3.63, 3.8) is 0 Å². The first-order valence-corrected chi connectivity index (χ1v) is 10.1. The lowest BCUT2D eigenvalue weighted by Gasteiger charge is -2.25. The SMILES string of the molecule is CCCNS(=O)(=O)C(C)(C)c1ccc(NC(=O)CCCN(C)C)cc1. The van der Waals surface area contributed by atoms with Crippen molar-refractivity contribution in [2.75, 3.05) is 32.5 Å². The second kappa shape index (κ2) is 9.31. The number of nitrogens with zero attached hydrogens (tertiary/aromatic N) is 1. The number of carbonyl (C=O) groups is 1. The first kappa shape index (κ1) is 21.6. The number of rotatable bonds is 10. The van der Waals surface area contributed by atoms with Crippen LogP contribution < -0.4 is 10.0 Å². The summed E-state index contributed by atoms with van der Waals surface area (Å²) in [6, 6.07) is 6.99. The molecule has 0 aliphatic rings. The molecule has 0 aliphatic carbocycles. The van der Waals surface area contributed by atoms with E-state index in [0.717, 1.165) is 19.4 Å². The molecule has 0 saturated carbocycles. The summed E-state index contributed by atoms with van der Waals surface area (Å²) >= 11 is 0. The second-order valence-electron chi connectivity index (χ2n) is 6.94. The van der Waals surface area contributed by atoms with E-state index in [-0.39, 0.29) is 5.91 Å². The average Bonchev–Trinajstić information content (AvgIpc) is 2.53. The zero-order valence-corrected chi connectivity index (χ0v) is 16.7. The number of hydrogen-bond donors (Lipinski definition) is 2. The van der Waals surface area contributed by atoms with Crippen molar-refractivity contribution in [3.8, 4) is 0 Å². The molecule has 7 heteroatoms. The minimum Gasteiger partial charge on any atom is -0.326 e. The summed E-state index contributed by atoms with van der Waals surface area (Å²) in [5.41, 5.74) is 1.36. The Morgan fingerprint density at radius 2 is 1.76 bits per heavy atom. The van der Waals surface area contributed by atoms with Crippen LogP contribution in [0.15, 0.2) is 24.3 Å². The Morgan fingerprint density at radius 3 is 2.28 bits per heavy atom. The predicted molar refractivity (Wildman–Crippen MR) is 103 cm³/mol. The summed E-state index contributed by atoms with van der Waals surface area (Å²) in [6.07, 6.45) is 2.00. The van der Waals surface area contributed by atoms with Crippen LogP contribution in [-0.4, -0.2) is 46.4 Å². The molecule has 0 radical (unpaired) electrons. The molecule has 0 bridgehead atoms. The summed E-state index contributed by atoms with van der Waals surface area (Å²) < 4.78 is 26.5. The van der Waals surface area contributed by atoms with Gasteiger partial charge in [0.05, 0.1) is 0 Å². The molecule has 0 aromatic heterocycles. The van der Waals surface area contributed by atoms with Gasteiger partial charge in [0.2, 0.25) is 15.9 Å². The highest BCUT2D eigenvalue weighted by molar-refractivity contribution is 7.90. The van der Waals surface area contributed by atoms with Gasteiger partial charge in [0.1, 0.15) is 4.75 Å². The molecule has 1 aromatic carbocycles. The Hall–Kier alpha value is -1.44. The molecular formula is C18H31N3O3S. The van der Waals surface area contributed by atoms with Gasteiger partial charge in [-0.25, -0.2) is 13.1 Å². The molecule has 0 spiro atoms. The molecule has 0 heterocycles. The summed E-state index contributed by atoms with van der Waals surface area (Å²) in [5, 5.41) is 2.84. The van der Waals surface area contributed by atoms with Crippen molar-refractivity contribution < 1.29 is 13.2 Å². The average molecular weight is 370 g/mol. The molecule has 142 valence electrons. The van der Waals surface area contributed by atoms with Crippen LogP contribution in [0.25, 0.3) is 0 Å². The van der Waals surface area contributed by atoms with Crippen LogP contribution in [0.5, 0.6) is 0 Å². The molecule has 0 atom stereocenters. The van der Waals surface area contributed by atoms with Crippen molar-refractivity contribution in [2.24, 2.45) is 0 Å². The molecule has 25 heavy (non-hydrogen) atoms. The first-order valence-electron chi connectivity index (χ1n) is 8.64. The Kier molecular flexibility index (Phi) is 8.05. The normalized spacial score (nSPS) is 12.4. The first-order chi connectivity index (χ1) is 11.6. The summed E-state index contributed by atoms with van der Waals surface area (Å²) in [5.74, 6) is -0.0360. The third kappa shape index (κ3) is 6.41. The number of nitrogens with one attached hydrogen (secondary N) is 2. The number of benzene rings is 1. The number of sulfonamides is 1. The summed E-state index contributed by atoms with van der Waals surface area (Å²) in [7, 11) is 0.475. The van der Waals surface area contributed by atoms with E-state index < -0.39 is 14.8 Å². The van der Waals surface area contributed by atoms with Crippen LogP contribution in [0.2, 0.25) is 0 Å². The van der Waals surface area contributed by atoms with Crippen molar-refractivity contribution in [3.05, 3.63) is 29.8 Å². The lowest BCUT2D eigenvalue weighted by molar-refractivity contribution is -0.116. The van der Waals surface area contributed by atoms with Gasteiger partial charge in [-0.3, -0.25) is 4.79 Å². The highest BCUT2D eigenvalue weighted by atomic mass is 32.2. The van der Waals surface area contributed by atoms with E-state index in [1.54, 1.807) is 38.1 Å². The zero-order valence-electron chi connectivity index (χ0n) is 15.9. The highest BCUT2D eigenvalue weighted by Gasteiger charge is 2.35. The maximum atomic E-state index is 12.5. The summed E-state index contributed by atoms with van der Waals surface area (Å²) in [4.78, 5) is 14.0. The Balaban J connectivity index is 2.73. The molecule has 6 nitrogen and oxygen atoms in total. The van der Waals surface area contributed by atoms with Crippen LogP contribution in [0.3, 0.4) is 0 Å². The van der Waals surface area contributed by atoms with E-state index in [2.05, 4.69) is 10.0 Å². The quantitative estimate of drug-likeness (QED) is 0.664.